The van der Waals surface area contributed by atoms with Crippen LogP contribution in [-0.4, -0.2) is 44.4 Å². The lowest BCUT2D eigenvalue weighted by Crippen LogP contribution is -2.31. The number of amides is 1. The Morgan fingerprint density at radius 1 is 0.951 bits per heavy atom. The molecule has 2 heterocycles. The maximum atomic E-state index is 13.4. The second-order valence-electron chi connectivity index (χ2n) is 9.93. The second kappa shape index (κ2) is 12.6. The van der Waals surface area contributed by atoms with Gasteiger partial charge in [-0.2, -0.15) is 0 Å². The minimum Gasteiger partial charge on any atom is -0.507 e. The van der Waals surface area contributed by atoms with Gasteiger partial charge in [0.2, 0.25) is 0 Å². The van der Waals surface area contributed by atoms with Crippen LogP contribution in [-0.2, 0) is 22.7 Å². The minimum absolute atomic E-state index is 0.0573. The number of carbonyl (C=O) groups excluding carboxylic acids is 2. The van der Waals surface area contributed by atoms with E-state index in [0.717, 1.165) is 11.1 Å². The summed E-state index contributed by atoms with van der Waals surface area (Å²) in [6.07, 6.45) is 5.86. The Morgan fingerprint density at radius 3 is 2.44 bits per heavy atom. The van der Waals surface area contributed by atoms with Gasteiger partial charge >= 0.3 is 0 Å². The first-order valence-corrected chi connectivity index (χ1v) is 13.7. The lowest BCUT2D eigenvalue weighted by atomic mass is 9.94. The maximum absolute atomic E-state index is 13.4. The summed E-state index contributed by atoms with van der Waals surface area (Å²) in [5.74, 6) is -0.502. The van der Waals surface area contributed by atoms with Gasteiger partial charge in [-0.3, -0.25) is 9.59 Å². The maximum Gasteiger partial charge on any atom is 0.295 e. The number of aliphatic hydroxyl groups excluding tert-OH is 1. The zero-order valence-corrected chi connectivity index (χ0v) is 23.2. The number of ketones is 1. The number of ether oxygens (including phenoxy) is 2. The van der Waals surface area contributed by atoms with Crippen molar-refractivity contribution in [3.8, 4) is 11.5 Å². The number of likely N-dealkylation sites (tertiary alicyclic amines) is 1. The smallest absolute Gasteiger partial charge is 0.295 e. The summed E-state index contributed by atoms with van der Waals surface area (Å²) in [5.41, 5.74) is 3.22. The third-order valence-corrected chi connectivity index (χ3v) is 7.06. The highest BCUT2D eigenvalue weighted by atomic mass is 16.5. The van der Waals surface area contributed by atoms with Crippen LogP contribution in [0.15, 0.2) is 97.1 Å². The van der Waals surface area contributed by atoms with Gasteiger partial charge in [0.25, 0.3) is 11.7 Å². The summed E-state index contributed by atoms with van der Waals surface area (Å²) < 4.78 is 13.9. The van der Waals surface area contributed by atoms with E-state index >= 15 is 0 Å². The van der Waals surface area contributed by atoms with E-state index in [0.29, 0.717) is 55.4 Å². The molecule has 8 heteroatoms. The molecule has 1 atom stereocenters. The van der Waals surface area contributed by atoms with Crippen LogP contribution in [0.2, 0.25) is 0 Å². The van der Waals surface area contributed by atoms with Gasteiger partial charge in [-0.25, -0.2) is 4.98 Å². The topological polar surface area (TPSA) is 93.9 Å². The fourth-order valence-electron chi connectivity index (χ4n) is 4.98. The molecule has 5 rings (SSSR count). The van der Waals surface area contributed by atoms with Crippen LogP contribution in [0, 0.1) is 6.92 Å². The van der Waals surface area contributed by atoms with Crippen LogP contribution < -0.4 is 9.47 Å². The molecule has 0 aliphatic carbocycles. The van der Waals surface area contributed by atoms with Crippen molar-refractivity contribution < 1.29 is 24.2 Å². The molecular formula is C33H33N3O5. The van der Waals surface area contributed by atoms with E-state index in [-0.39, 0.29) is 11.3 Å². The van der Waals surface area contributed by atoms with E-state index in [9.17, 15) is 14.7 Å². The van der Waals surface area contributed by atoms with Crippen molar-refractivity contribution in [2.75, 3.05) is 13.2 Å². The zero-order chi connectivity index (χ0) is 28.8. The minimum atomic E-state index is -0.790. The Balaban J connectivity index is 1.52. The van der Waals surface area contributed by atoms with Gasteiger partial charge in [-0.15, -0.1) is 0 Å². The van der Waals surface area contributed by atoms with E-state index in [2.05, 4.69) is 4.98 Å². The van der Waals surface area contributed by atoms with Gasteiger partial charge in [0.15, 0.2) is 11.5 Å². The Morgan fingerprint density at radius 2 is 1.73 bits per heavy atom. The highest BCUT2D eigenvalue weighted by Gasteiger charge is 2.46. The first kappa shape index (κ1) is 27.7. The van der Waals surface area contributed by atoms with E-state index in [1.165, 1.54) is 4.90 Å². The third-order valence-electron chi connectivity index (χ3n) is 7.06. The Labute approximate surface area is 239 Å². The van der Waals surface area contributed by atoms with Crippen molar-refractivity contribution in [3.63, 3.8) is 0 Å². The molecule has 210 valence electrons. The first-order chi connectivity index (χ1) is 20.0. The van der Waals surface area contributed by atoms with Gasteiger partial charge in [-0.1, -0.05) is 66.2 Å². The number of aromatic nitrogens is 2. The van der Waals surface area contributed by atoms with Crippen LogP contribution in [0.5, 0.6) is 11.5 Å². The number of hydrogen-bond acceptors (Lipinski definition) is 6. The fraction of sp³-hybridized carbons (Fsp3) is 0.242. The molecule has 1 N–H and O–H groups in total. The van der Waals surface area contributed by atoms with Crippen LogP contribution in [0.25, 0.3) is 5.76 Å². The number of rotatable bonds is 11. The van der Waals surface area contributed by atoms with Crippen molar-refractivity contribution in [2.45, 2.75) is 39.5 Å². The summed E-state index contributed by atoms with van der Waals surface area (Å²) in [7, 11) is 0. The van der Waals surface area contributed by atoms with Crippen LogP contribution >= 0.6 is 0 Å². The molecule has 4 aromatic rings. The summed E-state index contributed by atoms with van der Waals surface area (Å²) >= 11 is 0. The SMILES string of the molecule is CCOc1cc(C2C(=C(O)c3ccc(C)cc3)C(=O)C(=O)N2CCCn2ccnc2)ccc1OCc1ccccc1. The number of hydrogen-bond donors (Lipinski definition) is 1. The molecule has 0 bridgehead atoms. The number of imidazole rings is 1. The molecule has 1 aliphatic heterocycles. The number of carbonyl (C=O) groups is 2. The highest BCUT2D eigenvalue weighted by molar-refractivity contribution is 6.46. The number of aliphatic hydroxyl groups is 1. The molecule has 1 aliphatic rings. The molecule has 0 saturated carbocycles. The lowest BCUT2D eigenvalue weighted by Gasteiger charge is -2.26. The van der Waals surface area contributed by atoms with E-state index in [1.807, 2.05) is 73.1 Å². The molecule has 1 fully saturated rings. The summed E-state index contributed by atoms with van der Waals surface area (Å²) in [5, 5.41) is 11.4. The van der Waals surface area contributed by atoms with Crippen LogP contribution in [0.3, 0.4) is 0 Å². The molecule has 1 unspecified atom stereocenters. The normalized spacial score (nSPS) is 16.2. The van der Waals surface area contributed by atoms with Gasteiger partial charge in [0, 0.05) is 31.0 Å². The van der Waals surface area contributed by atoms with Crippen LogP contribution in [0.4, 0.5) is 0 Å². The van der Waals surface area contributed by atoms with E-state index < -0.39 is 17.7 Å². The number of aryl methyl sites for hydroxylation is 2. The molecule has 1 amide bonds. The molecular weight excluding hydrogens is 518 g/mol. The number of benzene rings is 3. The largest absolute Gasteiger partial charge is 0.507 e. The predicted octanol–water partition coefficient (Wildman–Crippen LogP) is 5.68. The van der Waals surface area contributed by atoms with Gasteiger partial charge in [-0.05, 0) is 43.5 Å². The average molecular weight is 552 g/mol. The van der Waals surface area contributed by atoms with Crippen molar-refractivity contribution in [3.05, 3.63) is 119 Å². The molecule has 1 aromatic heterocycles. The quantitative estimate of drug-likeness (QED) is 0.146. The molecule has 41 heavy (non-hydrogen) atoms. The average Bonchev–Trinajstić information content (AvgIpc) is 3.59. The fourth-order valence-corrected chi connectivity index (χ4v) is 4.98. The van der Waals surface area contributed by atoms with Gasteiger partial charge in [0.1, 0.15) is 12.4 Å². The van der Waals surface area contributed by atoms with Crippen molar-refractivity contribution in [1.29, 1.82) is 0 Å². The molecule has 3 aromatic carbocycles. The summed E-state index contributed by atoms with van der Waals surface area (Å²) in [6.45, 7) is 5.53. The Hall–Kier alpha value is -4.85. The van der Waals surface area contributed by atoms with Gasteiger partial charge in [0.05, 0.1) is 24.5 Å². The van der Waals surface area contributed by atoms with E-state index in [1.54, 1.807) is 36.8 Å². The molecule has 0 radical (unpaired) electrons. The highest BCUT2D eigenvalue weighted by Crippen LogP contribution is 2.42. The summed E-state index contributed by atoms with van der Waals surface area (Å²) in [4.78, 5) is 32.4. The number of Topliss-reactive ketones (excluding diaryl/α,β-unsaturated/α-hetero) is 1. The van der Waals surface area contributed by atoms with Crippen molar-refractivity contribution in [1.82, 2.24) is 14.5 Å². The standard InChI is InChI=1S/C33H33N3O5/c1-3-40-28-20-26(14-15-27(28)41-21-24-8-5-4-6-9-24)30-29(31(37)25-12-10-23(2)11-13-25)32(38)33(39)36(30)18-7-17-35-19-16-34-22-35/h4-6,8-16,19-20,22,30,37H,3,7,17-18,21H2,1-2H3. The Kier molecular flexibility index (Phi) is 8.48. The van der Waals surface area contributed by atoms with E-state index in [4.69, 9.17) is 9.47 Å². The summed E-state index contributed by atoms with van der Waals surface area (Å²) in [6, 6.07) is 21.7. The predicted molar refractivity (Wildman–Crippen MR) is 155 cm³/mol. The lowest BCUT2D eigenvalue weighted by molar-refractivity contribution is -0.139. The van der Waals surface area contributed by atoms with Crippen LogP contribution in [0.1, 0.15) is 41.6 Å². The van der Waals surface area contributed by atoms with Crippen molar-refractivity contribution >= 4 is 17.4 Å². The molecule has 0 spiro atoms. The molecule has 1 saturated heterocycles. The first-order valence-electron chi connectivity index (χ1n) is 13.7. The Bertz CT molecular complexity index is 1530. The number of nitrogens with zero attached hydrogens (tertiary/aromatic N) is 3. The second-order valence-corrected chi connectivity index (χ2v) is 9.93. The molecule has 8 nitrogen and oxygen atoms in total. The monoisotopic (exact) mass is 551 g/mol. The third kappa shape index (κ3) is 6.17. The zero-order valence-electron chi connectivity index (χ0n) is 23.2. The van der Waals surface area contributed by atoms with Gasteiger partial charge < -0.3 is 24.0 Å². The van der Waals surface area contributed by atoms with Crippen molar-refractivity contribution in [2.24, 2.45) is 0 Å².